The number of carbonyl (C=O) groups is 2. The molecule has 9 atom stereocenters. The maximum Gasteiger partial charge on any atom is 0.310 e. The molecule has 0 aromatic heterocycles. The number of benzene rings is 1. The van der Waals surface area contributed by atoms with Gasteiger partial charge in [0, 0.05) is 18.3 Å². The number of allylic oxidation sites excluding steroid dienone is 1. The van der Waals surface area contributed by atoms with Crippen molar-refractivity contribution in [2.45, 2.75) is 64.3 Å². The van der Waals surface area contributed by atoms with Gasteiger partial charge in [-0.1, -0.05) is 60.7 Å². The molecule has 4 aliphatic carbocycles. The fourth-order valence-electron chi connectivity index (χ4n) is 8.92. The first-order chi connectivity index (χ1) is 14.9. The summed E-state index contributed by atoms with van der Waals surface area (Å²) >= 11 is 0. The van der Waals surface area contributed by atoms with E-state index in [9.17, 15) is 14.7 Å². The third kappa shape index (κ3) is 2.18. The van der Waals surface area contributed by atoms with Crippen molar-refractivity contribution in [1.29, 1.82) is 0 Å². The molecule has 4 saturated carbocycles. The van der Waals surface area contributed by atoms with Crippen LogP contribution in [0.3, 0.4) is 0 Å². The number of carbonyl (C=O) groups excluding carboxylic acids is 2. The molecule has 1 aromatic rings. The average molecular weight is 451 g/mol. The van der Waals surface area contributed by atoms with Gasteiger partial charge in [0.05, 0.1) is 17.4 Å². The van der Waals surface area contributed by atoms with Gasteiger partial charge >= 0.3 is 5.97 Å². The van der Waals surface area contributed by atoms with Crippen molar-refractivity contribution in [3.05, 3.63) is 42.1 Å². The molecule has 32 heavy (non-hydrogen) atoms. The first-order valence-electron chi connectivity index (χ1n) is 12.2. The maximum atomic E-state index is 13.6. The van der Waals surface area contributed by atoms with Crippen LogP contribution in [0.1, 0.15) is 39.5 Å². The van der Waals surface area contributed by atoms with E-state index in [0.717, 1.165) is 19.3 Å². The SMILES string of the molecule is C=C(C[C@H]1C[C@@]23[C@@H](C[C@@]12C)C(=O)[C@H]1[C@@H]2[C@H](C[C@@]1(C)O)OC(=O)[C@@H]23)[Si](C)(C)c1ccccc1. The van der Waals surface area contributed by atoms with Gasteiger partial charge in [-0.05, 0) is 42.9 Å². The second-order valence-corrected chi connectivity index (χ2v) is 16.9. The van der Waals surface area contributed by atoms with Crippen LogP contribution in [0, 0.1) is 40.4 Å². The number of ketones is 1. The lowest BCUT2D eigenvalue weighted by Crippen LogP contribution is -2.78. The van der Waals surface area contributed by atoms with Crippen LogP contribution in [-0.2, 0) is 14.3 Å². The molecular weight excluding hydrogens is 416 g/mol. The van der Waals surface area contributed by atoms with Crippen LogP contribution in [0.5, 0.6) is 0 Å². The summed E-state index contributed by atoms with van der Waals surface area (Å²) in [4.78, 5) is 26.7. The minimum atomic E-state index is -1.80. The Morgan fingerprint density at radius 3 is 2.47 bits per heavy atom. The quantitative estimate of drug-likeness (QED) is 0.562. The summed E-state index contributed by atoms with van der Waals surface area (Å²) in [5.74, 6) is -0.358. The van der Waals surface area contributed by atoms with Gasteiger partial charge in [0.2, 0.25) is 0 Å². The Morgan fingerprint density at radius 1 is 1.12 bits per heavy atom. The van der Waals surface area contributed by atoms with Crippen molar-refractivity contribution in [2.75, 3.05) is 0 Å². The lowest BCUT2D eigenvalue weighted by Gasteiger charge is -2.79. The molecule has 1 spiro atoms. The number of aliphatic hydroxyl groups is 1. The van der Waals surface area contributed by atoms with Crippen molar-refractivity contribution < 1.29 is 19.4 Å². The first-order valence-corrected chi connectivity index (χ1v) is 15.2. The van der Waals surface area contributed by atoms with Crippen LogP contribution in [0.4, 0.5) is 0 Å². The molecule has 1 N–H and O–H groups in total. The van der Waals surface area contributed by atoms with E-state index in [1.165, 1.54) is 10.4 Å². The van der Waals surface area contributed by atoms with Gasteiger partial charge in [-0.3, -0.25) is 9.59 Å². The van der Waals surface area contributed by atoms with Gasteiger partial charge in [0.15, 0.2) is 0 Å². The Balaban J connectivity index is 1.29. The Kier molecular flexibility index (Phi) is 3.93. The standard InChI is InChI=1S/C27H34O4Si/c1-15(32(4,5)17-9-7-6-8-10-17)11-16-12-27-18(13-25(16,27)2)23(28)21-20-19(14-26(21,3)30)31-24(29)22(20)27/h6-10,16,18-22,30H,1,11-14H2,2-5H3/t16-,18-,19-,20-,21+,22+,25-,26+,27-/m0/s1. The average Bonchev–Trinajstić information content (AvgIpc) is 3.17. The minimum absolute atomic E-state index is 0.0184. The van der Waals surface area contributed by atoms with Gasteiger partial charge in [0.1, 0.15) is 20.0 Å². The second kappa shape index (κ2) is 6.04. The van der Waals surface area contributed by atoms with Crippen LogP contribution < -0.4 is 5.19 Å². The number of esters is 1. The van der Waals surface area contributed by atoms with Crippen molar-refractivity contribution in [1.82, 2.24) is 0 Å². The Morgan fingerprint density at radius 2 is 1.81 bits per heavy atom. The summed E-state index contributed by atoms with van der Waals surface area (Å²) in [6, 6.07) is 10.7. The van der Waals surface area contributed by atoms with Crippen LogP contribution >= 0.6 is 0 Å². The number of hydrogen-bond donors (Lipinski definition) is 1. The lowest BCUT2D eigenvalue weighted by atomic mass is 9.23. The first kappa shape index (κ1) is 20.9. The summed E-state index contributed by atoms with van der Waals surface area (Å²) in [6.07, 6.45) is 2.83. The van der Waals surface area contributed by atoms with E-state index in [-0.39, 0.29) is 46.4 Å². The maximum absolute atomic E-state index is 13.6. The normalized spacial score (nSPS) is 48.2. The molecule has 0 amide bonds. The Bertz CT molecular complexity index is 1040. The highest BCUT2D eigenvalue weighted by molar-refractivity contribution is 6.95. The van der Waals surface area contributed by atoms with Crippen molar-refractivity contribution in [3.63, 3.8) is 0 Å². The highest BCUT2D eigenvalue weighted by atomic mass is 28.3. The molecule has 170 valence electrons. The van der Waals surface area contributed by atoms with E-state index >= 15 is 0 Å². The summed E-state index contributed by atoms with van der Waals surface area (Å²) in [5.41, 5.74) is -1.34. The molecule has 1 aliphatic heterocycles. The fourth-order valence-corrected chi connectivity index (χ4v) is 11.1. The van der Waals surface area contributed by atoms with Gasteiger partial charge in [-0.2, -0.15) is 0 Å². The number of rotatable bonds is 4. The lowest BCUT2D eigenvalue weighted by molar-refractivity contribution is -0.302. The van der Waals surface area contributed by atoms with Gasteiger partial charge in [0.25, 0.3) is 0 Å². The summed E-state index contributed by atoms with van der Waals surface area (Å²) in [6.45, 7) is 13.4. The molecule has 1 saturated heterocycles. The van der Waals surface area contributed by atoms with E-state index in [1.807, 2.05) is 0 Å². The third-order valence-corrected chi connectivity index (χ3v) is 14.6. The number of ether oxygens (including phenoxy) is 1. The van der Waals surface area contributed by atoms with Crippen LogP contribution in [0.15, 0.2) is 42.1 Å². The van der Waals surface area contributed by atoms with E-state index in [4.69, 9.17) is 4.74 Å². The van der Waals surface area contributed by atoms with Crippen molar-refractivity contribution >= 4 is 25.0 Å². The molecule has 5 fully saturated rings. The molecule has 1 aromatic carbocycles. The van der Waals surface area contributed by atoms with Crippen molar-refractivity contribution in [2.24, 2.45) is 40.4 Å². The van der Waals surface area contributed by atoms with Crippen molar-refractivity contribution in [3.8, 4) is 0 Å². The molecule has 0 unspecified atom stereocenters. The molecule has 4 nitrogen and oxygen atoms in total. The smallest absolute Gasteiger partial charge is 0.310 e. The van der Waals surface area contributed by atoms with Gasteiger partial charge < -0.3 is 9.84 Å². The highest BCUT2D eigenvalue weighted by Gasteiger charge is 2.85. The zero-order valence-corrected chi connectivity index (χ0v) is 20.6. The Hall–Kier alpha value is -1.72. The summed E-state index contributed by atoms with van der Waals surface area (Å²) < 4.78 is 5.79. The van der Waals surface area contributed by atoms with Crippen LogP contribution in [0.25, 0.3) is 0 Å². The molecule has 0 bridgehead atoms. The Labute approximate surface area is 191 Å². The van der Waals surface area contributed by atoms with E-state index < -0.39 is 19.6 Å². The predicted molar refractivity (Wildman–Crippen MR) is 125 cm³/mol. The van der Waals surface area contributed by atoms with Gasteiger partial charge in [-0.15, -0.1) is 6.58 Å². The summed E-state index contributed by atoms with van der Waals surface area (Å²) in [5, 5.41) is 13.7. The van der Waals surface area contributed by atoms with Gasteiger partial charge in [-0.25, -0.2) is 0 Å². The number of Topliss-reactive ketones (excluding diaryl/α,β-unsaturated/α-hetero) is 1. The van der Waals surface area contributed by atoms with Crippen LogP contribution in [-0.4, -0.2) is 36.6 Å². The zero-order chi connectivity index (χ0) is 22.8. The molecular formula is C27H34O4Si. The summed E-state index contributed by atoms with van der Waals surface area (Å²) in [7, 11) is -1.80. The monoisotopic (exact) mass is 450 g/mol. The minimum Gasteiger partial charge on any atom is -0.462 e. The number of hydrogen-bond acceptors (Lipinski definition) is 4. The van der Waals surface area contributed by atoms with E-state index in [2.05, 4.69) is 56.9 Å². The second-order valence-electron chi connectivity index (χ2n) is 12.4. The molecule has 5 aliphatic rings. The topological polar surface area (TPSA) is 63.6 Å². The van der Waals surface area contributed by atoms with E-state index in [0.29, 0.717) is 12.3 Å². The van der Waals surface area contributed by atoms with E-state index in [1.54, 1.807) is 6.92 Å². The molecule has 6 rings (SSSR count). The zero-order valence-electron chi connectivity index (χ0n) is 19.6. The predicted octanol–water partition coefficient (Wildman–Crippen LogP) is 3.63. The molecule has 5 heteroatoms. The molecule has 0 radical (unpaired) electrons. The largest absolute Gasteiger partial charge is 0.462 e. The fraction of sp³-hybridized carbons (Fsp3) is 0.630. The van der Waals surface area contributed by atoms with Crippen LogP contribution in [0.2, 0.25) is 13.1 Å². The highest BCUT2D eigenvalue weighted by Crippen LogP contribution is 2.84. The molecule has 1 heterocycles. The third-order valence-electron chi connectivity index (χ3n) is 10.9.